The van der Waals surface area contributed by atoms with Crippen LogP contribution in [0.3, 0.4) is 0 Å². The SMILES string of the molecule is Cn1c(=O)c2cc3c(oc-2[n+](C)c1=O)/C(=C\C=C1\N(CCCS(=O)(=O)[O-])c2ccc4ccccc4c2C1(C)C)CCC3.[Na+]. The van der Waals surface area contributed by atoms with Crippen LogP contribution in [0.1, 0.15) is 50.0 Å². The van der Waals surface area contributed by atoms with Crippen LogP contribution in [0.5, 0.6) is 0 Å². The maximum atomic E-state index is 12.8. The first-order chi connectivity index (χ1) is 19.9. The van der Waals surface area contributed by atoms with Gasteiger partial charge in [-0.25, -0.2) is 13.2 Å². The van der Waals surface area contributed by atoms with E-state index < -0.39 is 27.0 Å². The molecule has 0 amide bonds. The standard InChI is InChI=1S/C32H33N3O6S.Na/c1-32(2)26(35(17-8-18-42(38,39)40)25-15-13-20-9-5-6-12-23(20)27(25)32)16-14-21-10-7-11-22-19-24-29(36)33(3)31(37)34(4)30(24)41-28(21)22;/h5-6,9,12-16,19H,7-8,10-11,17-18H2,1-4H3;/q;+1. The maximum absolute atomic E-state index is 12.8. The zero-order valence-corrected chi connectivity index (χ0v) is 28.0. The Balaban J connectivity index is 0.00000368. The molecule has 4 aliphatic rings. The quantitative estimate of drug-likeness (QED) is 0.186. The number of benzene rings is 2. The van der Waals surface area contributed by atoms with Crippen LogP contribution in [0.2, 0.25) is 0 Å². The zero-order valence-electron chi connectivity index (χ0n) is 25.1. The third-order valence-corrected chi connectivity index (χ3v) is 9.40. The van der Waals surface area contributed by atoms with Crippen LogP contribution in [0.15, 0.2) is 74.3 Å². The van der Waals surface area contributed by atoms with Gasteiger partial charge in [0.2, 0.25) is 0 Å². The van der Waals surface area contributed by atoms with Crippen molar-refractivity contribution in [3.8, 4) is 11.5 Å². The Morgan fingerprint density at radius 3 is 2.58 bits per heavy atom. The van der Waals surface area contributed by atoms with Gasteiger partial charge in [0.25, 0.3) is 0 Å². The van der Waals surface area contributed by atoms with Gasteiger partial charge in [0.1, 0.15) is 5.76 Å². The Kier molecular flexibility index (Phi) is 8.39. The number of hydrogen-bond acceptors (Lipinski definition) is 7. The molecule has 1 aliphatic carbocycles. The predicted octanol–water partition coefficient (Wildman–Crippen LogP) is 0.762. The summed E-state index contributed by atoms with van der Waals surface area (Å²) < 4.78 is 43.0. The summed E-state index contributed by atoms with van der Waals surface area (Å²) in [5.41, 5.74) is 4.13. The Morgan fingerprint density at radius 1 is 1.09 bits per heavy atom. The van der Waals surface area contributed by atoms with Crippen molar-refractivity contribution in [2.45, 2.75) is 44.9 Å². The number of fused-ring (bicyclic) bond motifs is 5. The van der Waals surface area contributed by atoms with Crippen LogP contribution in [0.25, 0.3) is 27.8 Å². The molecular weight excluding hydrogens is 577 g/mol. The molecule has 0 saturated heterocycles. The molecule has 0 radical (unpaired) electrons. The van der Waals surface area contributed by atoms with Gasteiger partial charge in [-0.3, -0.25) is 0 Å². The zero-order chi connectivity index (χ0) is 30.0. The Morgan fingerprint density at radius 2 is 1.84 bits per heavy atom. The van der Waals surface area contributed by atoms with Crippen molar-refractivity contribution in [2.24, 2.45) is 14.1 Å². The summed E-state index contributed by atoms with van der Waals surface area (Å²) in [6.45, 7) is 4.69. The van der Waals surface area contributed by atoms with Gasteiger partial charge < -0.3 is 13.9 Å². The molecule has 0 unspecified atom stereocenters. The van der Waals surface area contributed by atoms with Gasteiger partial charge in [0.15, 0.2) is 5.56 Å². The fourth-order valence-corrected chi connectivity index (χ4v) is 7.04. The van der Waals surface area contributed by atoms with Crippen molar-refractivity contribution in [2.75, 3.05) is 17.2 Å². The molecule has 0 aromatic heterocycles. The largest absolute Gasteiger partial charge is 1.00 e. The molecule has 43 heavy (non-hydrogen) atoms. The molecule has 0 saturated carbocycles. The van der Waals surface area contributed by atoms with Gasteiger partial charge in [-0.2, -0.15) is 13.9 Å². The number of allylic oxidation sites excluding steroid dienone is 4. The maximum Gasteiger partial charge on any atom is 1.00 e. The van der Waals surface area contributed by atoms with E-state index in [-0.39, 0.29) is 47.4 Å². The Bertz CT molecular complexity index is 2020. The molecule has 0 spiro atoms. The van der Waals surface area contributed by atoms with E-state index in [1.807, 2.05) is 24.3 Å². The van der Waals surface area contributed by atoms with Crippen LogP contribution in [0, 0.1) is 0 Å². The summed E-state index contributed by atoms with van der Waals surface area (Å²) in [6.07, 6.45) is 6.70. The number of anilines is 1. The number of hydrogen-bond donors (Lipinski definition) is 0. The average molecular weight is 611 g/mol. The van der Waals surface area contributed by atoms with E-state index >= 15 is 0 Å². The Hall–Kier alpha value is -3.02. The number of rotatable bonds is 5. The third-order valence-electron chi connectivity index (χ3n) is 8.61. The summed E-state index contributed by atoms with van der Waals surface area (Å²) in [6, 6.07) is 14.2. The first kappa shape index (κ1) is 31.4. The molecule has 218 valence electrons. The minimum atomic E-state index is -4.34. The molecule has 2 aromatic carbocycles. The third kappa shape index (κ3) is 5.44. The van der Waals surface area contributed by atoms with E-state index in [2.05, 4.69) is 49.1 Å². The molecule has 9 nitrogen and oxygen atoms in total. The fourth-order valence-electron chi connectivity index (χ4n) is 6.56. The molecule has 3 heterocycles. The van der Waals surface area contributed by atoms with E-state index in [1.54, 1.807) is 7.05 Å². The molecular formula is C32H33N3NaO6S+. The fraction of sp³-hybridized carbons (Fsp3) is 0.344. The molecule has 3 aliphatic heterocycles. The summed E-state index contributed by atoms with van der Waals surface area (Å²) in [4.78, 5) is 27.5. The molecule has 0 atom stereocenters. The topological polar surface area (TPSA) is 117 Å². The number of nitrogens with zero attached hydrogens (tertiary/aromatic N) is 3. The predicted molar refractivity (Wildman–Crippen MR) is 161 cm³/mol. The van der Waals surface area contributed by atoms with Gasteiger partial charge in [-0.15, -0.1) is 0 Å². The van der Waals surface area contributed by atoms with Gasteiger partial charge >= 0.3 is 46.7 Å². The van der Waals surface area contributed by atoms with E-state index in [4.69, 9.17) is 4.42 Å². The minimum Gasteiger partial charge on any atom is -0.748 e. The van der Waals surface area contributed by atoms with Crippen LogP contribution < -0.4 is 50.3 Å². The molecule has 0 N–H and O–H groups in total. The second kappa shape index (κ2) is 11.5. The van der Waals surface area contributed by atoms with Gasteiger partial charge in [-0.1, -0.05) is 50.3 Å². The van der Waals surface area contributed by atoms with Gasteiger partial charge in [0.05, 0.1) is 24.2 Å². The average Bonchev–Trinajstić information content (AvgIpc) is 3.17. The van der Waals surface area contributed by atoms with Crippen LogP contribution in [-0.2, 0) is 36.0 Å². The van der Waals surface area contributed by atoms with E-state index in [0.717, 1.165) is 62.7 Å². The normalized spacial score (nSPS) is 17.8. The van der Waals surface area contributed by atoms with Crippen molar-refractivity contribution in [1.82, 2.24) is 4.57 Å². The first-order valence-electron chi connectivity index (χ1n) is 14.1. The van der Waals surface area contributed by atoms with Gasteiger partial charge in [-0.05, 0) is 71.4 Å². The van der Waals surface area contributed by atoms with Crippen molar-refractivity contribution in [1.29, 1.82) is 0 Å². The van der Waals surface area contributed by atoms with Crippen LogP contribution in [-0.4, -0.2) is 29.8 Å². The van der Waals surface area contributed by atoms with Gasteiger partial charge in [0, 0.05) is 29.1 Å². The van der Waals surface area contributed by atoms with Crippen molar-refractivity contribution in [3.05, 3.63) is 98.0 Å². The minimum absolute atomic E-state index is 0. The van der Waals surface area contributed by atoms with Crippen molar-refractivity contribution >= 4 is 32.2 Å². The monoisotopic (exact) mass is 610 g/mol. The summed E-state index contributed by atoms with van der Waals surface area (Å²) in [5.74, 6) is 0.470. The number of aryl methyl sites for hydroxylation is 1. The van der Waals surface area contributed by atoms with E-state index in [9.17, 15) is 22.6 Å². The Labute approximate surface area is 272 Å². The molecule has 11 heteroatoms. The second-order valence-corrected chi connectivity index (χ2v) is 13.2. The van der Waals surface area contributed by atoms with E-state index in [1.165, 1.54) is 11.6 Å². The smallest absolute Gasteiger partial charge is 0.748 e. The first-order valence-corrected chi connectivity index (χ1v) is 15.7. The summed E-state index contributed by atoms with van der Waals surface area (Å²) in [7, 11) is -1.28. The summed E-state index contributed by atoms with van der Waals surface area (Å²) >= 11 is 0. The second-order valence-electron chi connectivity index (χ2n) is 11.7. The number of aromatic nitrogens is 2. The molecule has 2 aromatic rings. The summed E-state index contributed by atoms with van der Waals surface area (Å²) in [5, 5.41) is 2.25. The molecule has 0 bridgehead atoms. The van der Waals surface area contributed by atoms with Crippen molar-refractivity contribution < 1.29 is 51.5 Å². The van der Waals surface area contributed by atoms with E-state index in [0.29, 0.717) is 17.9 Å². The van der Waals surface area contributed by atoms with Crippen LogP contribution in [0.4, 0.5) is 5.69 Å². The van der Waals surface area contributed by atoms with Crippen LogP contribution >= 0.6 is 0 Å². The molecule has 0 fully saturated rings. The van der Waals surface area contributed by atoms with Crippen molar-refractivity contribution in [3.63, 3.8) is 0 Å². The molecule has 6 rings (SSSR count).